The fraction of sp³-hybridized carbons (Fsp3) is 0.261. The minimum absolute atomic E-state index is 0.186. The van der Waals surface area contributed by atoms with Gasteiger partial charge in [0.2, 0.25) is 0 Å². The minimum atomic E-state index is -0.610. The largest absolute Gasteiger partial charge is 0.489 e. The van der Waals surface area contributed by atoms with E-state index < -0.39 is 24.0 Å². The van der Waals surface area contributed by atoms with Gasteiger partial charge in [-0.1, -0.05) is 36.4 Å². The van der Waals surface area contributed by atoms with Gasteiger partial charge in [-0.15, -0.1) is 0 Å². The van der Waals surface area contributed by atoms with E-state index in [-0.39, 0.29) is 30.0 Å². The van der Waals surface area contributed by atoms with Gasteiger partial charge in [0.05, 0.1) is 29.5 Å². The summed E-state index contributed by atoms with van der Waals surface area (Å²) in [5, 5.41) is 5.11. The molecule has 0 radical (unpaired) electrons. The van der Waals surface area contributed by atoms with Crippen LogP contribution in [0.3, 0.4) is 0 Å². The first-order valence-corrected chi connectivity index (χ1v) is 9.89. The minimum Gasteiger partial charge on any atom is -0.489 e. The number of nitrogens with one attached hydrogen (secondary N) is 2. The highest BCUT2D eigenvalue weighted by Gasteiger charge is 2.30. The summed E-state index contributed by atoms with van der Waals surface area (Å²) in [4.78, 5) is 36.6. The lowest BCUT2D eigenvalue weighted by Crippen LogP contribution is -2.50. The van der Waals surface area contributed by atoms with Gasteiger partial charge in [0.25, 0.3) is 0 Å². The van der Waals surface area contributed by atoms with E-state index in [9.17, 15) is 14.4 Å². The highest BCUT2D eigenvalue weighted by molar-refractivity contribution is 5.95. The molecule has 0 fully saturated rings. The number of ether oxygens (including phenoxy) is 3. The molecule has 2 N–H and O–H groups in total. The number of amides is 2. The second kappa shape index (κ2) is 10.3. The van der Waals surface area contributed by atoms with Crippen molar-refractivity contribution < 1.29 is 28.6 Å². The summed E-state index contributed by atoms with van der Waals surface area (Å²) in [7, 11) is 0. The first-order valence-electron chi connectivity index (χ1n) is 9.89. The van der Waals surface area contributed by atoms with Crippen LogP contribution < -0.4 is 15.4 Å². The number of hydrogen-bond acceptors (Lipinski definition) is 6. The summed E-state index contributed by atoms with van der Waals surface area (Å²) in [5.41, 5.74) is 1.70. The van der Waals surface area contributed by atoms with Crippen molar-refractivity contribution in [2.75, 3.05) is 13.2 Å². The van der Waals surface area contributed by atoms with Gasteiger partial charge < -0.3 is 24.8 Å². The van der Waals surface area contributed by atoms with Crippen LogP contribution in [0.5, 0.6) is 5.75 Å². The predicted molar refractivity (Wildman–Crippen MR) is 112 cm³/mol. The third-order valence-corrected chi connectivity index (χ3v) is 4.53. The van der Waals surface area contributed by atoms with Crippen molar-refractivity contribution in [3.05, 3.63) is 77.0 Å². The maximum Gasteiger partial charge on any atom is 0.338 e. The molecule has 0 saturated heterocycles. The number of esters is 2. The van der Waals surface area contributed by atoms with Crippen molar-refractivity contribution in [3.63, 3.8) is 0 Å². The summed E-state index contributed by atoms with van der Waals surface area (Å²) in [6.07, 6.45) is 0. The van der Waals surface area contributed by atoms with Gasteiger partial charge in [0.15, 0.2) is 0 Å². The van der Waals surface area contributed by atoms with Gasteiger partial charge in [-0.2, -0.15) is 0 Å². The summed E-state index contributed by atoms with van der Waals surface area (Å²) in [6, 6.07) is 15.2. The van der Waals surface area contributed by atoms with Gasteiger partial charge >= 0.3 is 18.0 Å². The molecule has 3 rings (SSSR count). The average molecular weight is 424 g/mol. The standard InChI is InChI=1S/C23H24N2O6/c1-3-29-22(27)20-15(2)24-23(28)25-19(20)14-31-21(26)17-10-7-11-18(12-17)30-13-16-8-5-4-6-9-16/h4-12,15H,3,13-14H2,1-2H3,(H2,24,25,28). The molecule has 162 valence electrons. The summed E-state index contributed by atoms with van der Waals surface area (Å²) in [6.45, 7) is 3.61. The molecule has 1 aliphatic rings. The third kappa shape index (κ3) is 5.85. The van der Waals surface area contributed by atoms with Crippen molar-refractivity contribution >= 4 is 18.0 Å². The summed E-state index contributed by atoms with van der Waals surface area (Å²) >= 11 is 0. The highest BCUT2D eigenvalue weighted by Crippen LogP contribution is 2.18. The topological polar surface area (TPSA) is 103 Å². The number of benzene rings is 2. The van der Waals surface area contributed by atoms with Crippen LogP contribution in [0.15, 0.2) is 65.9 Å². The number of carbonyl (C=O) groups excluding carboxylic acids is 3. The molecule has 1 aliphatic heterocycles. The SMILES string of the molecule is CCOC(=O)C1=C(COC(=O)c2cccc(OCc3ccccc3)c2)NC(=O)NC1C. The lowest BCUT2D eigenvalue weighted by Gasteiger charge is -2.26. The Morgan fingerprint density at radius 3 is 2.48 bits per heavy atom. The van der Waals surface area contributed by atoms with Crippen molar-refractivity contribution in [1.29, 1.82) is 0 Å². The molecule has 0 bridgehead atoms. The van der Waals surface area contributed by atoms with Crippen LogP contribution in [0.1, 0.15) is 29.8 Å². The van der Waals surface area contributed by atoms with Crippen molar-refractivity contribution in [1.82, 2.24) is 10.6 Å². The van der Waals surface area contributed by atoms with E-state index in [1.165, 1.54) is 0 Å². The Morgan fingerprint density at radius 1 is 0.968 bits per heavy atom. The van der Waals surface area contributed by atoms with Crippen LogP contribution in [0.2, 0.25) is 0 Å². The summed E-state index contributed by atoms with van der Waals surface area (Å²) < 4.78 is 16.1. The molecule has 0 saturated carbocycles. The van der Waals surface area contributed by atoms with Crippen LogP contribution >= 0.6 is 0 Å². The molecule has 31 heavy (non-hydrogen) atoms. The normalized spacial score (nSPS) is 15.5. The zero-order valence-electron chi connectivity index (χ0n) is 17.3. The van der Waals surface area contributed by atoms with Crippen LogP contribution in [0.25, 0.3) is 0 Å². The molecule has 2 amide bonds. The molecule has 0 spiro atoms. The molecule has 0 aliphatic carbocycles. The molecule has 1 unspecified atom stereocenters. The number of carbonyl (C=O) groups is 3. The van der Waals surface area contributed by atoms with E-state index in [0.29, 0.717) is 12.4 Å². The summed E-state index contributed by atoms with van der Waals surface area (Å²) in [5.74, 6) is -0.667. The maximum atomic E-state index is 12.5. The lowest BCUT2D eigenvalue weighted by atomic mass is 10.0. The quantitative estimate of drug-likeness (QED) is 0.632. The van der Waals surface area contributed by atoms with E-state index in [4.69, 9.17) is 14.2 Å². The van der Waals surface area contributed by atoms with E-state index in [1.54, 1.807) is 38.1 Å². The van der Waals surface area contributed by atoms with E-state index in [2.05, 4.69) is 10.6 Å². The molecule has 8 heteroatoms. The second-order valence-corrected chi connectivity index (χ2v) is 6.81. The molecule has 8 nitrogen and oxygen atoms in total. The van der Waals surface area contributed by atoms with Gasteiger partial charge in [-0.3, -0.25) is 0 Å². The van der Waals surface area contributed by atoms with Crippen molar-refractivity contribution in [3.8, 4) is 5.75 Å². The van der Waals surface area contributed by atoms with E-state index in [1.807, 2.05) is 30.3 Å². The Balaban J connectivity index is 1.67. The van der Waals surface area contributed by atoms with E-state index in [0.717, 1.165) is 5.56 Å². The third-order valence-electron chi connectivity index (χ3n) is 4.53. The van der Waals surface area contributed by atoms with Gasteiger partial charge in [-0.25, -0.2) is 14.4 Å². The predicted octanol–water partition coefficient (Wildman–Crippen LogP) is 2.94. The fourth-order valence-electron chi connectivity index (χ4n) is 3.07. The Bertz CT molecular complexity index is 987. The lowest BCUT2D eigenvalue weighted by molar-refractivity contribution is -0.139. The first kappa shape index (κ1) is 21.9. The van der Waals surface area contributed by atoms with Crippen LogP contribution in [-0.2, 0) is 20.9 Å². The zero-order valence-corrected chi connectivity index (χ0v) is 17.3. The molecular weight excluding hydrogens is 400 g/mol. The Morgan fingerprint density at radius 2 is 1.74 bits per heavy atom. The van der Waals surface area contributed by atoms with Crippen molar-refractivity contribution in [2.24, 2.45) is 0 Å². The van der Waals surface area contributed by atoms with Gasteiger partial charge in [0, 0.05) is 0 Å². The monoisotopic (exact) mass is 424 g/mol. The maximum absolute atomic E-state index is 12.5. The smallest absolute Gasteiger partial charge is 0.338 e. The number of urea groups is 1. The first-order chi connectivity index (χ1) is 15.0. The van der Waals surface area contributed by atoms with Gasteiger partial charge in [-0.05, 0) is 37.6 Å². The molecule has 1 atom stereocenters. The molecule has 2 aromatic rings. The molecule has 0 aromatic heterocycles. The number of rotatable bonds is 8. The van der Waals surface area contributed by atoms with Crippen molar-refractivity contribution in [2.45, 2.75) is 26.5 Å². The van der Waals surface area contributed by atoms with Gasteiger partial charge in [0.1, 0.15) is 19.0 Å². The number of hydrogen-bond donors (Lipinski definition) is 2. The molecule has 2 aromatic carbocycles. The highest BCUT2D eigenvalue weighted by atomic mass is 16.5. The van der Waals surface area contributed by atoms with Crippen LogP contribution in [0.4, 0.5) is 4.79 Å². The molecular formula is C23H24N2O6. The molecule has 1 heterocycles. The Hall–Kier alpha value is -3.81. The Kier molecular flexibility index (Phi) is 7.26. The van der Waals surface area contributed by atoms with Crippen LogP contribution in [0, 0.1) is 0 Å². The average Bonchev–Trinajstić information content (AvgIpc) is 2.76. The fourth-order valence-corrected chi connectivity index (χ4v) is 3.07. The van der Waals surface area contributed by atoms with E-state index >= 15 is 0 Å². The zero-order chi connectivity index (χ0) is 22.2. The second-order valence-electron chi connectivity index (χ2n) is 6.81. The van der Waals surface area contributed by atoms with Crippen LogP contribution in [-0.4, -0.2) is 37.2 Å². The Labute approximate surface area is 180 Å².